The maximum absolute atomic E-state index is 13.9. The van der Waals surface area contributed by atoms with Gasteiger partial charge in [0, 0.05) is 60.0 Å². The van der Waals surface area contributed by atoms with Crippen LogP contribution < -0.4 is 4.74 Å². The van der Waals surface area contributed by atoms with Crippen LogP contribution in [0.5, 0.6) is 5.75 Å². The first-order valence-corrected chi connectivity index (χ1v) is 15.1. The van der Waals surface area contributed by atoms with Crippen LogP contribution in [0.3, 0.4) is 0 Å². The van der Waals surface area contributed by atoms with Gasteiger partial charge >= 0.3 is 5.97 Å². The van der Waals surface area contributed by atoms with Crippen LogP contribution in [0.2, 0.25) is 0 Å². The van der Waals surface area contributed by atoms with Crippen molar-refractivity contribution in [2.24, 2.45) is 10.8 Å². The van der Waals surface area contributed by atoms with Gasteiger partial charge in [0.2, 0.25) is 0 Å². The Hall–Kier alpha value is -3.79. The highest BCUT2D eigenvalue weighted by atomic mass is 79.9. The third kappa shape index (κ3) is 6.30. The van der Waals surface area contributed by atoms with Gasteiger partial charge in [-0.25, -0.2) is 0 Å². The summed E-state index contributed by atoms with van der Waals surface area (Å²) >= 11 is 3.62. The molecule has 3 aliphatic rings. The molecule has 0 amide bonds. The van der Waals surface area contributed by atoms with Crippen molar-refractivity contribution < 1.29 is 29.2 Å². The number of ketones is 2. The summed E-state index contributed by atoms with van der Waals surface area (Å²) in [6.07, 6.45) is 1.79. The first-order chi connectivity index (χ1) is 20.2. The van der Waals surface area contributed by atoms with Crippen molar-refractivity contribution in [3.8, 4) is 5.75 Å². The number of carboxylic acid groups (broad SMARTS) is 1. The zero-order valence-electron chi connectivity index (χ0n) is 24.7. The van der Waals surface area contributed by atoms with Gasteiger partial charge in [0.25, 0.3) is 5.69 Å². The quantitative estimate of drug-likeness (QED) is 0.237. The first-order valence-electron chi connectivity index (χ1n) is 14.3. The van der Waals surface area contributed by atoms with Crippen molar-refractivity contribution in [1.29, 1.82) is 0 Å². The largest absolute Gasteiger partial charge is 0.488 e. The van der Waals surface area contributed by atoms with Gasteiger partial charge in [0.15, 0.2) is 11.6 Å². The van der Waals surface area contributed by atoms with Crippen LogP contribution in [-0.2, 0) is 21.0 Å². The lowest BCUT2D eigenvalue weighted by Crippen LogP contribution is -2.45. The molecule has 43 heavy (non-hydrogen) atoms. The van der Waals surface area contributed by atoms with Crippen molar-refractivity contribution >= 4 is 39.2 Å². The Morgan fingerprint density at radius 2 is 1.53 bits per heavy atom. The minimum Gasteiger partial charge on any atom is -0.488 e. The van der Waals surface area contributed by atoms with Crippen molar-refractivity contribution in [3.63, 3.8) is 0 Å². The summed E-state index contributed by atoms with van der Waals surface area (Å²) < 4.78 is 6.66. The molecular weight excluding hydrogens is 616 g/mol. The average molecular weight is 652 g/mol. The van der Waals surface area contributed by atoms with Crippen LogP contribution in [0.4, 0.5) is 5.69 Å². The molecule has 5 rings (SSSR count). The Balaban J connectivity index is 1.55. The number of carboxylic acids is 1. The lowest BCUT2D eigenvalue weighted by atomic mass is 9.63. The number of benzene rings is 2. The summed E-state index contributed by atoms with van der Waals surface area (Å²) in [6.45, 7) is 8.59. The molecule has 1 heterocycles. The molecular formula is C33H35BrN2O7. The van der Waals surface area contributed by atoms with Crippen molar-refractivity contribution in [3.05, 3.63) is 90.7 Å². The van der Waals surface area contributed by atoms with Gasteiger partial charge in [-0.3, -0.25) is 24.5 Å². The van der Waals surface area contributed by atoms with Crippen LogP contribution in [0, 0.1) is 20.9 Å². The second kappa shape index (κ2) is 11.4. The van der Waals surface area contributed by atoms with Crippen LogP contribution in [0.1, 0.15) is 76.8 Å². The summed E-state index contributed by atoms with van der Waals surface area (Å²) in [4.78, 5) is 51.9. The fraction of sp³-hybridized carbons (Fsp3) is 0.424. The van der Waals surface area contributed by atoms with E-state index in [0.29, 0.717) is 47.1 Å². The number of carbonyl (C=O) groups excluding carboxylic acids is 2. The van der Waals surface area contributed by atoms with E-state index >= 15 is 0 Å². The lowest BCUT2D eigenvalue weighted by molar-refractivity contribution is -0.384. The molecule has 0 saturated carbocycles. The molecule has 10 heteroatoms. The summed E-state index contributed by atoms with van der Waals surface area (Å²) in [7, 11) is 0. The minimum atomic E-state index is -0.928. The minimum absolute atomic E-state index is 0.00642. The number of ether oxygens (including phenoxy) is 1. The number of aliphatic carboxylic acids is 1. The highest BCUT2D eigenvalue weighted by molar-refractivity contribution is 9.10. The average Bonchev–Trinajstić information content (AvgIpc) is 2.89. The lowest BCUT2D eigenvalue weighted by Gasteiger charge is -2.49. The molecule has 2 aromatic carbocycles. The standard InChI is InChI=1S/C33H35BrN2O7/c1-32(2)14-23-30(25(37)16-32)29(31-24(35(23)12-11-28(39)40)15-33(3,4)17-26(31)38)20-7-10-27(22(34)13-20)43-18-19-5-8-21(9-6-19)36(41)42/h5-10,13,29H,11-12,14-18H2,1-4H3,(H,39,40). The van der Waals surface area contributed by atoms with E-state index in [1.165, 1.54) is 12.1 Å². The molecule has 0 radical (unpaired) electrons. The monoisotopic (exact) mass is 650 g/mol. The molecule has 9 nitrogen and oxygen atoms in total. The molecule has 226 valence electrons. The number of nitrogens with zero attached hydrogens (tertiary/aromatic N) is 2. The van der Waals surface area contributed by atoms with E-state index in [-0.39, 0.29) is 47.7 Å². The fourth-order valence-corrected chi connectivity index (χ4v) is 7.06. The normalized spacial score (nSPS) is 19.7. The molecule has 0 aromatic heterocycles. The zero-order chi connectivity index (χ0) is 31.3. The Bertz CT molecular complexity index is 1530. The molecule has 1 aliphatic heterocycles. The molecule has 2 aromatic rings. The van der Waals surface area contributed by atoms with E-state index in [9.17, 15) is 29.6 Å². The Morgan fingerprint density at radius 1 is 0.977 bits per heavy atom. The number of nitro benzene ring substituents is 1. The van der Waals surface area contributed by atoms with Gasteiger partial charge in [-0.15, -0.1) is 0 Å². The summed E-state index contributed by atoms with van der Waals surface area (Å²) in [5.74, 6) is -0.969. The second-order valence-corrected chi connectivity index (χ2v) is 14.1. The molecule has 0 saturated heterocycles. The van der Waals surface area contributed by atoms with Crippen LogP contribution in [0.15, 0.2) is 69.5 Å². The molecule has 0 unspecified atom stereocenters. The van der Waals surface area contributed by atoms with E-state index in [1.807, 2.05) is 44.7 Å². The molecule has 0 bridgehead atoms. The SMILES string of the molecule is CC1(C)CC(=O)C2=C(C1)N(CCC(=O)O)C1=C(C(=O)CC(C)(C)C1)C2c1ccc(OCc2ccc([N+](=O)[O-])cc2)c(Br)c1. The maximum Gasteiger partial charge on any atom is 0.305 e. The first kappa shape index (κ1) is 30.7. The Kier molecular flexibility index (Phi) is 8.11. The van der Waals surface area contributed by atoms with Crippen LogP contribution in [-0.4, -0.2) is 39.0 Å². The molecule has 0 fully saturated rings. The number of non-ortho nitro benzene ring substituents is 1. The van der Waals surface area contributed by atoms with Gasteiger partial charge in [-0.1, -0.05) is 33.8 Å². The summed E-state index contributed by atoms with van der Waals surface area (Å²) in [5, 5.41) is 20.5. The molecule has 1 N–H and O–H groups in total. The van der Waals surface area contributed by atoms with Gasteiger partial charge in [-0.2, -0.15) is 0 Å². The van der Waals surface area contributed by atoms with E-state index in [0.717, 1.165) is 22.5 Å². The van der Waals surface area contributed by atoms with Gasteiger partial charge in [0.05, 0.1) is 15.8 Å². The maximum atomic E-state index is 13.9. The van der Waals surface area contributed by atoms with E-state index < -0.39 is 16.8 Å². The topological polar surface area (TPSA) is 127 Å². The van der Waals surface area contributed by atoms with Gasteiger partial charge < -0.3 is 14.7 Å². The number of rotatable bonds is 8. The predicted molar refractivity (Wildman–Crippen MR) is 163 cm³/mol. The van der Waals surface area contributed by atoms with E-state index in [4.69, 9.17) is 4.74 Å². The molecule has 0 atom stereocenters. The predicted octanol–water partition coefficient (Wildman–Crippen LogP) is 7.10. The van der Waals surface area contributed by atoms with E-state index in [2.05, 4.69) is 15.9 Å². The number of Topliss-reactive ketones (excluding diaryl/α,β-unsaturated/α-hetero) is 2. The number of hydrogen-bond acceptors (Lipinski definition) is 7. The highest BCUT2D eigenvalue weighted by Gasteiger charge is 2.49. The van der Waals surface area contributed by atoms with Crippen molar-refractivity contribution in [2.45, 2.75) is 72.3 Å². The number of hydrogen-bond donors (Lipinski definition) is 1. The number of carbonyl (C=O) groups is 3. The highest BCUT2D eigenvalue weighted by Crippen LogP contribution is 2.54. The Labute approximate surface area is 258 Å². The Morgan fingerprint density at radius 3 is 2.02 bits per heavy atom. The van der Waals surface area contributed by atoms with Crippen molar-refractivity contribution in [2.75, 3.05) is 6.54 Å². The zero-order valence-corrected chi connectivity index (χ0v) is 26.3. The summed E-state index contributed by atoms with van der Waals surface area (Å²) in [6, 6.07) is 11.7. The summed E-state index contributed by atoms with van der Waals surface area (Å²) in [5.41, 5.74) is 3.78. The third-order valence-electron chi connectivity index (χ3n) is 8.40. The van der Waals surface area contributed by atoms with E-state index in [1.54, 1.807) is 18.2 Å². The van der Waals surface area contributed by atoms with Gasteiger partial charge in [-0.05, 0) is 75.0 Å². The second-order valence-electron chi connectivity index (χ2n) is 13.2. The molecule has 2 aliphatic carbocycles. The fourth-order valence-electron chi connectivity index (χ4n) is 6.55. The van der Waals surface area contributed by atoms with Crippen LogP contribution in [0.25, 0.3) is 0 Å². The number of allylic oxidation sites excluding steroid dienone is 4. The molecule has 0 spiro atoms. The number of halogens is 1. The third-order valence-corrected chi connectivity index (χ3v) is 9.02. The van der Waals surface area contributed by atoms with Crippen LogP contribution >= 0.6 is 15.9 Å². The van der Waals surface area contributed by atoms with Gasteiger partial charge in [0.1, 0.15) is 12.4 Å². The smallest absolute Gasteiger partial charge is 0.305 e. The van der Waals surface area contributed by atoms with Crippen molar-refractivity contribution in [1.82, 2.24) is 4.90 Å². The number of nitro groups is 1.